The Morgan fingerprint density at radius 1 is 1.25 bits per heavy atom. The predicted molar refractivity (Wildman–Crippen MR) is 69.0 cm³/mol. The van der Waals surface area contributed by atoms with Crippen LogP contribution in [-0.4, -0.2) is 53.2 Å². The number of amides is 3. The van der Waals surface area contributed by atoms with Crippen molar-refractivity contribution >= 4 is 17.9 Å². The molecule has 2 heterocycles. The molecule has 20 heavy (non-hydrogen) atoms. The smallest absolute Gasteiger partial charge is 0.324 e. The number of carbonyl (C=O) groups excluding carboxylic acids is 2. The molecule has 2 fully saturated rings. The van der Waals surface area contributed by atoms with Gasteiger partial charge < -0.3 is 14.7 Å². The fraction of sp³-hybridized carbons (Fsp3) is 0.769. The molecule has 0 aromatic rings. The number of nitrogens with zero attached hydrogens (tertiary/aromatic N) is 1. The van der Waals surface area contributed by atoms with Gasteiger partial charge in [-0.1, -0.05) is 6.92 Å². The van der Waals surface area contributed by atoms with E-state index >= 15 is 0 Å². The lowest BCUT2D eigenvalue weighted by atomic mass is 10.0. The highest BCUT2D eigenvalue weighted by Crippen LogP contribution is 2.26. The molecular formula is C13H20N2O5. The zero-order valence-electron chi connectivity index (χ0n) is 11.5. The Hall–Kier alpha value is -1.63. The first-order chi connectivity index (χ1) is 9.44. The van der Waals surface area contributed by atoms with E-state index in [0.717, 1.165) is 12.8 Å². The molecule has 0 spiro atoms. The number of hydrogen-bond acceptors (Lipinski definition) is 4. The van der Waals surface area contributed by atoms with Gasteiger partial charge >= 0.3 is 12.0 Å². The van der Waals surface area contributed by atoms with Crippen LogP contribution in [0.3, 0.4) is 0 Å². The summed E-state index contributed by atoms with van der Waals surface area (Å²) < 4.78 is 5.62. The zero-order valence-corrected chi connectivity index (χ0v) is 11.5. The summed E-state index contributed by atoms with van der Waals surface area (Å²) in [7, 11) is 0. The maximum absolute atomic E-state index is 12.0. The molecule has 0 radical (unpaired) electrons. The summed E-state index contributed by atoms with van der Waals surface area (Å²) in [5.41, 5.74) is 0. The molecule has 0 aromatic carbocycles. The van der Waals surface area contributed by atoms with E-state index in [1.165, 1.54) is 0 Å². The van der Waals surface area contributed by atoms with Gasteiger partial charge in [0.25, 0.3) is 0 Å². The standard InChI is InChI=1S/C13H20N2O5/c1-8(5-12(17)18)4-11(16)14-13(19)15-6-9-2-3-10(7-15)20-9/h8-10H,2-7H2,1H3,(H,17,18)(H,14,16,19). The highest BCUT2D eigenvalue weighted by atomic mass is 16.5. The minimum Gasteiger partial charge on any atom is -0.481 e. The molecule has 7 heteroatoms. The molecule has 2 aliphatic rings. The number of imide groups is 1. The Bertz CT molecular complexity index is 400. The number of carboxylic acid groups (broad SMARTS) is 1. The Labute approximate surface area is 117 Å². The number of fused-ring (bicyclic) bond motifs is 2. The molecule has 3 atom stereocenters. The predicted octanol–water partition coefficient (Wildman–Crippen LogP) is 0.587. The van der Waals surface area contributed by atoms with Crippen molar-refractivity contribution in [2.24, 2.45) is 5.92 Å². The monoisotopic (exact) mass is 284 g/mol. The number of likely N-dealkylation sites (tertiary alicyclic amines) is 1. The van der Waals surface area contributed by atoms with E-state index in [1.54, 1.807) is 11.8 Å². The summed E-state index contributed by atoms with van der Waals surface area (Å²) in [4.78, 5) is 35.8. The number of carboxylic acids is 1. The first-order valence-electron chi connectivity index (χ1n) is 6.90. The molecule has 0 aliphatic carbocycles. The zero-order chi connectivity index (χ0) is 14.7. The van der Waals surface area contributed by atoms with Gasteiger partial charge in [0.2, 0.25) is 5.91 Å². The molecule has 2 rings (SSSR count). The average molecular weight is 284 g/mol. The number of aliphatic carboxylic acids is 1. The number of rotatable bonds is 4. The third kappa shape index (κ3) is 3.93. The second-order valence-corrected chi connectivity index (χ2v) is 5.62. The van der Waals surface area contributed by atoms with Crippen molar-refractivity contribution < 1.29 is 24.2 Å². The maximum Gasteiger partial charge on any atom is 0.324 e. The molecule has 0 aromatic heterocycles. The molecule has 2 N–H and O–H groups in total. The van der Waals surface area contributed by atoms with Crippen LogP contribution in [0.1, 0.15) is 32.6 Å². The largest absolute Gasteiger partial charge is 0.481 e. The van der Waals surface area contributed by atoms with E-state index in [1.807, 2.05) is 0 Å². The van der Waals surface area contributed by atoms with E-state index < -0.39 is 17.9 Å². The highest BCUT2D eigenvalue weighted by Gasteiger charge is 2.36. The van der Waals surface area contributed by atoms with Crippen molar-refractivity contribution in [3.05, 3.63) is 0 Å². The molecule has 2 bridgehead atoms. The number of urea groups is 1. The summed E-state index contributed by atoms with van der Waals surface area (Å²) in [5.74, 6) is -1.66. The quantitative estimate of drug-likeness (QED) is 0.787. The van der Waals surface area contributed by atoms with Crippen LogP contribution in [0.15, 0.2) is 0 Å². The van der Waals surface area contributed by atoms with Crippen molar-refractivity contribution in [2.45, 2.75) is 44.8 Å². The van der Waals surface area contributed by atoms with Crippen LogP contribution in [0.5, 0.6) is 0 Å². The van der Waals surface area contributed by atoms with Crippen molar-refractivity contribution in [3.8, 4) is 0 Å². The molecule has 112 valence electrons. The number of carbonyl (C=O) groups is 3. The molecule has 2 aliphatic heterocycles. The summed E-state index contributed by atoms with van der Waals surface area (Å²) in [6.07, 6.45) is 2.04. The van der Waals surface area contributed by atoms with E-state index in [-0.39, 0.29) is 31.0 Å². The fourth-order valence-electron chi connectivity index (χ4n) is 2.72. The van der Waals surface area contributed by atoms with Crippen LogP contribution in [0.4, 0.5) is 4.79 Å². The summed E-state index contributed by atoms with van der Waals surface area (Å²) in [5, 5.41) is 10.9. The van der Waals surface area contributed by atoms with Gasteiger partial charge in [0.15, 0.2) is 0 Å². The van der Waals surface area contributed by atoms with Crippen LogP contribution in [-0.2, 0) is 14.3 Å². The van der Waals surface area contributed by atoms with Crippen LogP contribution in [0.25, 0.3) is 0 Å². The average Bonchev–Trinajstić information content (AvgIpc) is 2.66. The molecular weight excluding hydrogens is 264 g/mol. The number of ether oxygens (including phenoxy) is 1. The Morgan fingerprint density at radius 3 is 2.40 bits per heavy atom. The molecule has 2 saturated heterocycles. The lowest BCUT2D eigenvalue weighted by Gasteiger charge is -2.31. The van der Waals surface area contributed by atoms with E-state index in [4.69, 9.17) is 9.84 Å². The van der Waals surface area contributed by atoms with Crippen molar-refractivity contribution in [1.82, 2.24) is 10.2 Å². The van der Waals surface area contributed by atoms with Gasteiger partial charge in [0.05, 0.1) is 12.2 Å². The fourth-order valence-corrected chi connectivity index (χ4v) is 2.72. The van der Waals surface area contributed by atoms with E-state index in [2.05, 4.69) is 5.32 Å². The molecule has 3 unspecified atom stereocenters. The van der Waals surface area contributed by atoms with Gasteiger partial charge in [-0.15, -0.1) is 0 Å². The second-order valence-electron chi connectivity index (χ2n) is 5.62. The van der Waals surface area contributed by atoms with Gasteiger partial charge in [0, 0.05) is 25.9 Å². The van der Waals surface area contributed by atoms with Gasteiger partial charge in [-0.05, 0) is 18.8 Å². The third-order valence-corrected chi connectivity index (χ3v) is 3.63. The molecule has 3 amide bonds. The number of hydrogen-bond donors (Lipinski definition) is 2. The van der Waals surface area contributed by atoms with Crippen molar-refractivity contribution in [1.29, 1.82) is 0 Å². The van der Waals surface area contributed by atoms with Crippen LogP contribution >= 0.6 is 0 Å². The van der Waals surface area contributed by atoms with Gasteiger partial charge in [-0.2, -0.15) is 0 Å². The van der Waals surface area contributed by atoms with Crippen LogP contribution in [0.2, 0.25) is 0 Å². The van der Waals surface area contributed by atoms with E-state index in [9.17, 15) is 14.4 Å². The van der Waals surface area contributed by atoms with E-state index in [0.29, 0.717) is 13.1 Å². The number of morpholine rings is 1. The van der Waals surface area contributed by atoms with Crippen molar-refractivity contribution in [2.75, 3.05) is 13.1 Å². The minimum atomic E-state index is -0.943. The van der Waals surface area contributed by atoms with Gasteiger partial charge in [-0.3, -0.25) is 14.9 Å². The Morgan fingerprint density at radius 2 is 1.85 bits per heavy atom. The van der Waals surface area contributed by atoms with Crippen molar-refractivity contribution in [3.63, 3.8) is 0 Å². The summed E-state index contributed by atoms with van der Waals surface area (Å²) in [6, 6.07) is -0.405. The Kier molecular flexibility index (Phi) is 4.59. The highest BCUT2D eigenvalue weighted by molar-refractivity contribution is 5.94. The lowest BCUT2D eigenvalue weighted by Crippen LogP contribution is -2.51. The van der Waals surface area contributed by atoms with Crippen LogP contribution < -0.4 is 5.32 Å². The van der Waals surface area contributed by atoms with Gasteiger partial charge in [-0.25, -0.2) is 4.79 Å². The summed E-state index contributed by atoms with van der Waals surface area (Å²) in [6.45, 7) is 2.70. The Balaban J connectivity index is 1.76. The normalized spacial score (nSPS) is 26.1. The number of nitrogens with one attached hydrogen (secondary N) is 1. The minimum absolute atomic E-state index is 0.0369. The molecule has 7 nitrogen and oxygen atoms in total. The third-order valence-electron chi connectivity index (χ3n) is 3.63. The molecule has 0 saturated carbocycles. The topological polar surface area (TPSA) is 95.9 Å². The van der Waals surface area contributed by atoms with Crippen LogP contribution in [0, 0.1) is 5.92 Å². The first kappa shape index (κ1) is 14.8. The van der Waals surface area contributed by atoms with Gasteiger partial charge in [0.1, 0.15) is 0 Å². The maximum atomic E-state index is 12.0. The summed E-state index contributed by atoms with van der Waals surface area (Å²) >= 11 is 0. The second kappa shape index (κ2) is 6.21. The first-order valence-corrected chi connectivity index (χ1v) is 6.90. The SMILES string of the molecule is CC(CC(=O)O)CC(=O)NC(=O)N1CC2CCC(C1)O2. The lowest BCUT2D eigenvalue weighted by molar-refractivity contribution is -0.138.